The molecule has 0 bridgehead atoms. The highest BCUT2D eigenvalue weighted by Gasteiger charge is 2.05. The quantitative estimate of drug-likeness (QED) is 0.540. The Labute approximate surface area is 140 Å². The number of nitrogens with one attached hydrogen (secondary N) is 2. The normalized spacial score (nSPS) is 11.0. The average Bonchev–Trinajstić information content (AvgIpc) is 3.03. The van der Waals surface area contributed by atoms with Gasteiger partial charge in [-0.1, -0.05) is 43.3 Å². The molecule has 0 saturated heterocycles. The van der Waals surface area contributed by atoms with Gasteiger partial charge in [-0.05, 0) is 24.1 Å². The van der Waals surface area contributed by atoms with E-state index in [0.29, 0.717) is 0 Å². The Kier molecular flexibility index (Phi) is 4.91. The van der Waals surface area contributed by atoms with Crippen LogP contribution in [0.3, 0.4) is 0 Å². The van der Waals surface area contributed by atoms with Crippen molar-refractivity contribution >= 4 is 23.0 Å². The second-order valence-electron chi connectivity index (χ2n) is 5.33. The van der Waals surface area contributed by atoms with Gasteiger partial charge in [0.2, 0.25) is 0 Å². The number of para-hydroxylation sites is 2. The summed E-state index contributed by atoms with van der Waals surface area (Å²) in [6.07, 6.45) is 4.33. The number of fused-ring (bicyclic) bond motifs is 1. The molecule has 2 aromatic carbocycles. The van der Waals surface area contributed by atoms with Gasteiger partial charge in [0, 0.05) is 22.7 Å². The fraction of sp³-hybridized carbons (Fsp3) is 0.158. The molecule has 0 fully saturated rings. The molecule has 0 aliphatic rings. The molecule has 1 heterocycles. The van der Waals surface area contributed by atoms with E-state index in [1.54, 1.807) is 6.21 Å². The first-order valence-corrected chi connectivity index (χ1v) is 7.86. The third kappa shape index (κ3) is 3.63. The zero-order chi connectivity index (χ0) is 16.8. The second-order valence-corrected chi connectivity index (χ2v) is 5.33. The molecule has 0 spiro atoms. The summed E-state index contributed by atoms with van der Waals surface area (Å²) in [6.45, 7) is 1.98. The van der Waals surface area contributed by atoms with Gasteiger partial charge in [-0.15, -0.1) is 0 Å². The molecule has 5 nitrogen and oxygen atoms in total. The number of amides is 1. The lowest BCUT2D eigenvalue weighted by molar-refractivity contribution is -0.123. The second kappa shape index (κ2) is 7.46. The van der Waals surface area contributed by atoms with Gasteiger partial charge in [0.25, 0.3) is 5.91 Å². The number of carbonyl (C=O) groups excluding carboxylic acids is 1. The van der Waals surface area contributed by atoms with Gasteiger partial charge >= 0.3 is 0 Å². The number of ether oxygens (including phenoxy) is 1. The summed E-state index contributed by atoms with van der Waals surface area (Å²) < 4.78 is 5.56. The Morgan fingerprint density at radius 2 is 2.00 bits per heavy atom. The van der Waals surface area contributed by atoms with Crippen molar-refractivity contribution < 1.29 is 9.53 Å². The van der Waals surface area contributed by atoms with Crippen molar-refractivity contribution in [1.29, 1.82) is 0 Å². The van der Waals surface area contributed by atoms with Crippen molar-refractivity contribution in [1.82, 2.24) is 10.4 Å². The number of aromatic amines is 1. The molecule has 1 aromatic heterocycles. The number of hydrogen-bond acceptors (Lipinski definition) is 3. The summed E-state index contributed by atoms with van der Waals surface area (Å²) >= 11 is 0. The van der Waals surface area contributed by atoms with E-state index in [-0.39, 0.29) is 12.5 Å². The molecule has 3 aromatic rings. The number of carbonyl (C=O) groups is 1. The lowest BCUT2D eigenvalue weighted by atomic mass is 10.1. The number of benzene rings is 2. The predicted octanol–water partition coefficient (Wildman–Crippen LogP) is 3.26. The number of H-pyrrole nitrogens is 1. The van der Waals surface area contributed by atoms with Crippen LogP contribution >= 0.6 is 0 Å². The van der Waals surface area contributed by atoms with Crippen molar-refractivity contribution in [2.24, 2.45) is 5.10 Å². The van der Waals surface area contributed by atoms with Crippen LogP contribution in [-0.4, -0.2) is 23.7 Å². The average molecular weight is 321 g/mol. The minimum atomic E-state index is -0.294. The third-order valence-electron chi connectivity index (χ3n) is 3.73. The maximum Gasteiger partial charge on any atom is 0.277 e. The van der Waals surface area contributed by atoms with Crippen LogP contribution < -0.4 is 10.2 Å². The molecule has 3 rings (SSSR count). The van der Waals surface area contributed by atoms with Gasteiger partial charge in [0.1, 0.15) is 5.75 Å². The minimum Gasteiger partial charge on any atom is -0.483 e. The lowest BCUT2D eigenvalue weighted by Gasteiger charge is -2.08. The van der Waals surface area contributed by atoms with E-state index in [9.17, 15) is 4.79 Å². The molecule has 122 valence electrons. The fourth-order valence-corrected chi connectivity index (χ4v) is 2.49. The largest absolute Gasteiger partial charge is 0.483 e. The monoisotopic (exact) mass is 321 g/mol. The highest BCUT2D eigenvalue weighted by Crippen LogP contribution is 2.18. The van der Waals surface area contributed by atoms with Crippen LogP contribution in [0.1, 0.15) is 18.1 Å². The lowest BCUT2D eigenvalue weighted by Crippen LogP contribution is -2.24. The van der Waals surface area contributed by atoms with Crippen molar-refractivity contribution in [3.63, 3.8) is 0 Å². The predicted molar refractivity (Wildman–Crippen MR) is 95.4 cm³/mol. The molecule has 0 radical (unpaired) electrons. The number of aryl methyl sites for hydroxylation is 1. The van der Waals surface area contributed by atoms with E-state index in [2.05, 4.69) is 15.5 Å². The number of hydrogen-bond donors (Lipinski definition) is 2. The first-order chi connectivity index (χ1) is 11.8. The number of nitrogens with zero attached hydrogens (tertiary/aromatic N) is 1. The van der Waals surface area contributed by atoms with Crippen LogP contribution in [0.2, 0.25) is 0 Å². The minimum absolute atomic E-state index is 0.0672. The molecule has 0 aliphatic heterocycles. The van der Waals surface area contributed by atoms with E-state index in [4.69, 9.17) is 4.74 Å². The highest BCUT2D eigenvalue weighted by atomic mass is 16.5. The van der Waals surface area contributed by atoms with E-state index < -0.39 is 0 Å². The summed E-state index contributed by atoms with van der Waals surface area (Å²) in [6, 6.07) is 15.6. The molecule has 24 heavy (non-hydrogen) atoms. The van der Waals surface area contributed by atoms with Crippen molar-refractivity contribution in [2.75, 3.05) is 6.61 Å². The first kappa shape index (κ1) is 15.8. The molecule has 1 amide bonds. The number of rotatable bonds is 6. The molecule has 2 N–H and O–H groups in total. The van der Waals surface area contributed by atoms with E-state index in [0.717, 1.165) is 34.2 Å². The Balaban J connectivity index is 1.56. The van der Waals surface area contributed by atoms with Crippen LogP contribution in [0.25, 0.3) is 10.9 Å². The molecule has 0 atom stereocenters. The Bertz CT molecular complexity index is 868. The van der Waals surface area contributed by atoms with Crippen LogP contribution in [0.15, 0.2) is 59.8 Å². The molecule has 0 saturated carbocycles. The summed E-state index contributed by atoms with van der Waals surface area (Å²) in [5.74, 6) is 0.438. The number of aromatic nitrogens is 1. The van der Waals surface area contributed by atoms with Crippen molar-refractivity contribution in [2.45, 2.75) is 13.3 Å². The fourth-order valence-electron chi connectivity index (χ4n) is 2.49. The maximum absolute atomic E-state index is 11.9. The van der Waals surface area contributed by atoms with Crippen LogP contribution in [0.4, 0.5) is 0 Å². The van der Waals surface area contributed by atoms with Crippen LogP contribution in [0.5, 0.6) is 5.75 Å². The molecular formula is C19H19N3O2. The van der Waals surface area contributed by atoms with Gasteiger partial charge in [-0.25, -0.2) is 5.43 Å². The van der Waals surface area contributed by atoms with Crippen molar-refractivity contribution in [3.8, 4) is 5.75 Å². The van der Waals surface area contributed by atoms with Gasteiger partial charge in [-0.2, -0.15) is 5.10 Å². The molecular weight excluding hydrogens is 302 g/mol. The SMILES string of the molecule is CCc1ccccc1OCC(=O)N/N=C/c1c[nH]c2ccccc12. The van der Waals surface area contributed by atoms with E-state index in [1.807, 2.05) is 61.7 Å². The molecule has 5 heteroatoms. The first-order valence-electron chi connectivity index (χ1n) is 7.86. The standard InChI is InChI=1S/C19H19N3O2/c1-2-14-7-3-6-10-18(14)24-13-19(23)22-21-12-15-11-20-17-9-5-4-8-16(15)17/h3-12,20H,2,13H2,1H3,(H,22,23)/b21-12+. The summed E-state index contributed by atoms with van der Waals surface area (Å²) in [5.41, 5.74) is 5.51. The van der Waals surface area contributed by atoms with Crippen LogP contribution in [0, 0.1) is 0 Å². The topological polar surface area (TPSA) is 66.5 Å². The van der Waals surface area contributed by atoms with Gasteiger partial charge in [0.05, 0.1) is 6.21 Å². The molecule has 0 unspecified atom stereocenters. The van der Waals surface area contributed by atoms with Gasteiger partial charge < -0.3 is 9.72 Å². The summed E-state index contributed by atoms with van der Waals surface area (Å²) in [5, 5.41) is 5.05. The van der Waals surface area contributed by atoms with Gasteiger partial charge in [-0.3, -0.25) is 4.79 Å². The third-order valence-corrected chi connectivity index (χ3v) is 3.73. The maximum atomic E-state index is 11.9. The number of hydrazone groups is 1. The summed E-state index contributed by atoms with van der Waals surface area (Å²) in [7, 11) is 0. The van der Waals surface area contributed by atoms with Crippen LogP contribution in [-0.2, 0) is 11.2 Å². The van der Waals surface area contributed by atoms with Crippen molar-refractivity contribution in [3.05, 3.63) is 65.9 Å². The highest BCUT2D eigenvalue weighted by molar-refractivity contribution is 5.99. The smallest absolute Gasteiger partial charge is 0.277 e. The zero-order valence-corrected chi connectivity index (χ0v) is 13.5. The van der Waals surface area contributed by atoms with Gasteiger partial charge in [0.15, 0.2) is 6.61 Å². The summed E-state index contributed by atoms with van der Waals surface area (Å²) in [4.78, 5) is 15.0. The zero-order valence-electron chi connectivity index (χ0n) is 13.5. The van der Waals surface area contributed by atoms with E-state index in [1.165, 1.54) is 0 Å². The Morgan fingerprint density at radius 1 is 1.21 bits per heavy atom. The Hall–Kier alpha value is -3.08. The van der Waals surface area contributed by atoms with E-state index >= 15 is 0 Å². The molecule has 0 aliphatic carbocycles. The Morgan fingerprint density at radius 3 is 2.88 bits per heavy atom.